The summed E-state index contributed by atoms with van der Waals surface area (Å²) in [5.74, 6) is 2.20. The Morgan fingerprint density at radius 2 is 1.45 bits per heavy atom. The largest absolute Gasteiger partial charge is 0.484 e. The number of carbonyl (C=O) groups excluding carboxylic acids is 2. The van der Waals surface area contributed by atoms with Gasteiger partial charge in [-0.05, 0) is 56.2 Å². The molecule has 2 aromatic carbocycles. The minimum absolute atomic E-state index is 0.00946. The van der Waals surface area contributed by atoms with Crippen LogP contribution in [0.2, 0.25) is 0 Å². The highest BCUT2D eigenvalue weighted by atomic mass is 16.5. The van der Waals surface area contributed by atoms with Crippen molar-refractivity contribution in [1.29, 1.82) is 0 Å². The number of rotatable bonds is 6. The van der Waals surface area contributed by atoms with Crippen molar-refractivity contribution in [1.82, 2.24) is 9.80 Å². The fourth-order valence-electron chi connectivity index (χ4n) is 3.32. The molecule has 0 aliphatic carbocycles. The van der Waals surface area contributed by atoms with Crippen LogP contribution in [0.3, 0.4) is 0 Å². The molecule has 1 heterocycles. The summed E-state index contributed by atoms with van der Waals surface area (Å²) in [6.45, 7) is 3.21. The van der Waals surface area contributed by atoms with E-state index in [-0.39, 0.29) is 24.3 Å². The van der Waals surface area contributed by atoms with Crippen molar-refractivity contribution in [2.75, 3.05) is 33.8 Å². The number of likely N-dealkylation sites (tertiary alicyclic amines) is 1. The molecule has 1 aliphatic rings. The maximum absolute atomic E-state index is 12.4. The van der Waals surface area contributed by atoms with E-state index in [0.717, 1.165) is 5.75 Å². The first-order valence-corrected chi connectivity index (χ1v) is 9.88. The van der Waals surface area contributed by atoms with E-state index in [1.807, 2.05) is 43.3 Å². The van der Waals surface area contributed by atoms with Crippen LogP contribution in [0.15, 0.2) is 48.5 Å². The Morgan fingerprint density at radius 1 is 0.931 bits per heavy atom. The first kappa shape index (κ1) is 20.7. The molecule has 2 amide bonds. The van der Waals surface area contributed by atoms with Gasteiger partial charge in [0.1, 0.15) is 17.2 Å². The van der Waals surface area contributed by atoms with Crippen LogP contribution in [0.25, 0.3) is 0 Å². The van der Waals surface area contributed by atoms with Crippen LogP contribution in [-0.4, -0.2) is 55.4 Å². The number of ether oxygens (including phenoxy) is 2. The Kier molecular flexibility index (Phi) is 6.75. The fourth-order valence-corrected chi connectivity index (χ4v) is 3.32. The van der Waals surface area contributed by atoms with Gasteiger partial charge < -0.3 is 19.3 Å². The summed E-state index contributed by atoms with van der Waals surface area (Å²) < 4.78 is 11.4. The number of benzene rings is 2. The predicted molar refractivity (Wildman–Crippen MR) is 111 cm³/mol. The molecule has 0 saturated carbocycles. The molecule has 1 aliphatic heterocycles. The average Bonchev–Trinajstić information content (AvgIpc) is 2.74. The molecule has 1 saturated heterocycles. The highest BCUT2D eigenvalue weighted by Gasteiger charge is 2.28. The third-order valence-corrected chi connectivity index (χ3v) is 5.08. The second-order valence-corrected chi connectivity index (χ2v) is 7.56. The summed E-state index contributed by atoms with van der Waals surface area (Å²) in [6, 6.07) is 15.1. The lowest BCUT2D eigenvalue weighted by Gasteiger charge is -2.32. The minimum Gasteiger partial charge on any atom is -0.484 e. The molecule has 0 atom stereocenters. The van der Waals surface area contributed by atoms with Gasteiger partial charge >= 0.3 is 0 Å². The smallest absolute Gasteiger partial charge is 0.260 e. The van der Waals surface area contributed by atoms with Gasteiger partial charge in [0.25, 0.3) is 5.91 Å². The van der Waals surface area contributed by atoms with Crippen LogP contribution in [0.5, 0.6) is 17.2 Å². The molecule has 29 heavy (non-hydrogen) atoms. The lowest BCUT2D eigenvalue weighted by molar-refractivity contribution is -0.140. The molecule has 0 unspecified atom stereocenters. The van der Waals surface area contributed by atoms with Crippen molar-refractivity contribution in [3.05, 3.63) is 54.1 Å². The summed E-state index contributed by atoms with van der Waals surface area (Å²) in [6.07, 6.45) is 1.40. The lowest BCUT2D eigenvalue weighted by Crippen LogP contribution is -2.44. The van der Waals surface area contributed by atoms with E-state index < -0.39 is 0 Å². The normalized spacial score (nSPS) is 14.4. The fraction of sp³-hybridized carbons (Fsp3) is 0.391. The van der Waals surface area contributed by atoms with Crippen LogP contribution < -0.4 is 9.47 Å². The molecule has 154 valence electrons. The zero-order valence-electron chi connectivity index (χ0n) is 17.3. The number of amides is 2. The molecule has 6 nitrogen and oxygen atoms in total. The van der Waals surface area contributed by atoms with Gasteiger partial charge in [-0.15, -0.1) is 0 Å². The molecular weight excluding hydrogens is 368 g/mol. The zero-order valence-corrected chi connectivity index (χ0v) is 17.3. The number of carbonyl (C=O) groups is 2. The third kappa shape index (κ3) is 5.73. The topological polar surface area (TPSA) is 59.1 Å². The van der Waals surface area contributed by atoms with Crippen LogP contribution >= 0.6 is 0 Å². The van der Waals surface area contributed by atoms with Gasteiger partial charge in [0.2, 0.25) is 5.91 Å². The molecule has 2 aromatic rings. The molecule has 0 bridgehead atoms. The van der Waals surface area contributed by atoms with Crippen LogP contribution in [0.1, 0.15) is 18.4 Å². The van der Waals surface area contributed by atoms with Gasteiger partial charge in [-0.2, -0.15) is 0 Å². The van der Waals surface area contributed by atoms with E-state index in [0.29, 0.717) is 37.4 Å². The van der Waals surface area contributed by atoms with Gasteiger partial charge in [0, 0.05) is 33.1 Å². The summed E-state index contributed by atoms with van der Waals surface area (Å²) in [4.78, 5) is 27.8. The van der Waals surface area contributed by atoms with Crippen LogP contribution in [-0.2, 0) is 9.59 Å². The number of hydrogen-bond acceptors (Lipinski definition) is 4. The maximum Gasteiger partial charge on any atom is 0.260 e. The minimum atomic E-state index is -0.0549. The van der Waals surface area contributed by atoms with Gasteiger partial charge in [-0.3, -0.25) is 9.59 Å². The van der Waals surface area contributed by atoms with Crippen molar-refractivity contribution in [2.45, 2.75) is 19.8 Å². The number of nitrogens with zero attached hydrogens (tertiary/aromatic N) is 2. The predicted octanol–water partition coefficient (Wildman–Crippen LogP) is 3.49. The molecule has 1 fully saturated rings. The van der Waals surface area contributed by atoms with Gasteiger partial charge in [0.15, 0.2) is 6.61 Å². The molecule has 0 aromatic heterocycles. The van der Waals surface area contributed by atoms with E-state index in [4.69, 9.17) is 9.47 Å². The van der Waals surface area contributed by atoms with E-state index in [2.05, 4.69) is 0 Å². The molecule has 6 heteroatoms. The third-order valence-electron chi connectivity index (χ3n) is 5.08. The highest BCUT2D eigenvalue weighted by Crippen LogP contribution is 2.24. The summed E-state index contributed by atoms with van der Waals surface area (Å²) in [5.41, 5.74) is 1.18. The summed E-state index contributed by atoms with van der Waals surface area (Å²) in [7, 11) is 3.54. The van der Waals surface area contributed by atoms with Gasteiger partial charge in [-0.1, -0.05) is 17.7 Å². The van der Waals surface area contributed by atoms with Gasteiger partial charge in [0.05, 0.1) is 0 Å². The maximum atomic E-state index is 12.4. The van der Waals surface area contributed by atoms with E-state index >= 15 is 0 Å². The Bertz CT molecular complexity index is 823. The Hall–Kier alpha value is -3.02. The summed E-state index contributed by atoms with van der Waals surface area (Å²) >= 11 is 0. The number of piperidine rings is 1. The van der Waals surface area contributed by atoms with E-state index in [1.54, 1.807) is 36.0 Å². The van der Waals surface area contributed by atoms with Crippen molar-refractivity contribution in [3.63, 3.8) is 0 Å². The second kappa shape index (κ2) is 9.45. The van der Waals surface area contributed by atoms with Gasteiger partial charge in [-0.25, -0.2) is 0 Å². The first-order valence-electron chi connectivity index (χ1n) is 9.88. The number of aryl methyl sites for hydroxylation is 1. The van der Waals surface area contributed by atoms with Crippen molar-refractivity contribution in [3.8, 4) is 17.2 Å². The summed E-state index contributed by atoms with van der Waals surface area (Å²) in [5, 5.41) is 0. The van der Waals surface area contributed by atoms with E-state index in [1.165, 1.54) is 5.56 Å². The quantitative estimate of drug-likeness (QED) is 0.750. The molecule has 3 rings (SSSR count). The van der Waals surface area contributed by atoms with Crippen molar-refractivity contribution >= 4 is 11.8 Å². The lowest BCUT2D eigenvalue weighted by atomic mass is 9.95. The molecular formula is C23H28N2O4. The SMILES string of the molecule is Cc1ccc(Oc2ccc(OCC(=O)N3CCC(C(=O)N(C)C)CC3)cc2)cc1. The Balaban J connectivity index is 1.44. The highest BCUT2D eigenvalue weighted by molar-refractivity contribution is 5.80. The monoisotopic (exact) mass is 396 g/mol. The van der Waals surface area contributed by atoms with E-state index in [9.17, 15) is 9.59 Å². The number of hydrogen-bond donors (Lipinski definition) is 0. The Morgan fingerprint density at radius 3 is 2.00 bits per heavy atom. The zero-order chi connectivity index (χ0) is 20.8. The second-order valence-electron chi connectivity index (χ2n) is 7.56. The average molecular weight is 396 g/mol. The van der Waals surface area contributed by atoms with Crippen molar-refractivity contribution in [2.24, 2.45) is 5.92 Å². The van der Waals surface area contributed by atoms with Crippen LogP contribution in [0, 0.1) is 12.8 Å². The Labute approximate surface area is 172 Å². The molecule has 0 spiro atoms. The van der Waals surface area contributed by atoms with Crippen molar-refractivity contribution < 1.29 is 19.1 Å². The molecule has 0 N–H and O–H groups in total. The van der Waals surface area contributed by atoms with Crippen LogP contribution in [0.4, 0.5) is 0 Å². The molecule has 0 radical (unpaired) electrons. The first-order chi connectivity index (χ1) is 13.9. The standard InChI is InChI=1S/C23H28N2O4/c1-17-4-6-20(7-5-17)29-21-10-8-19(9-11-21)28-16-22(26)25-14-12-18(13-15-25)23(27)24(2)3/h4-11,18H,12-16H2,1-3H3.